The molecule has 0 bridgehead atoms. The van der Waals surface area contributed by atoms with Gasteiger partial charge in [-0.15, -0.1) is 0 Å². The first-order valence-corrected chi connectivity index (χ1v) is 11.1. The largest absolute Gasteiger partial charge is 0.458 e. The van der Waals surface area contributed by atoms with Crippen molar-refractivity contribution >= 4 is 17.9 Å². The molecule has 0 spiro atoms. The maximum absolute atomic E-state index is 12.6. The van der Waals surface area contributed by atoms with Gasteiger partial charge in [-0.2, -0.15) is 0 Å². The summed E-state index contributed by atoms with van der Waals surface area (Å²) in [6.07, 6.45) is 1.11. The van der Waals surface area contributed by atoms with Crippen LogP contribution in [-0.2, 0) is 38.9 Å². The van der Waals surface area contributed by atoms with Gasteiger partial charge in [-0.1, -0.05) is 55.6 Å². The van der Waals surface area contributed by atoms with Gasteiger partial charge in [0, 0.05) is 11.6 Å². The molecule has 184 valence electrons. The molecule has 3 rings (SSSR count). The number of carbonyl (C=O) groups excluding carboxylic acids is 3. The molecule has 1 N–H and O–H groups in total. The van der Waals surface area contributed by atoms with E-state index in [-0.39, 0.29) is 19.8 Å². The summed E-state index contributed by atoms with van der Waals surface area (Å²) in [5.74, 6) is -1.24. The van der Waals surface area contributed by atoms with Crippen LogP contribution in [0.25, 0.3) is 11.1 Å². The first-order valence-electron chi connectivity index (χ1n) is 11.1. The van der Waals surface area contributed by atoms with Gasteiger partial charge in [0.2, 0.25) is 0 Å². The molecular weight excluding hydrogens is 460 g/mol. The summed E-state index contributed by atoms with van der Waals surface area (Å²) < 4.78 is 15.6. The standard InChI is InChI=1S/C29H26O7/c1-4-27(31)34-17-20-5-9-22(10-6-20)26-14-13-25(15-24(26)16-30)36-29(33)23-11-7-21(8-12-23)18-35-28(32)19(2)3/h4-15,30H,1-2,16-18H2,3H3. The molecule has 0 saturated carbocycles. The summed E-state index contributed by atoms with van der Waals surface area (Å²) in [5.41, 5.74) is 4.38. The molecule has 7 nitrogen and oxygen atoms in total. The molecule has 0 aliphatic heterocycles. The Balaban J connectivity index is 1.66. The molecule has 0 aliphatic rings. The van der Waals surface area contributed by atoms with Crippen molar-refractivity contribution in [2.45, 2.75) is 26.7 Å². The lowest BCUT2D eigenvalue weighted by Crippen LogP contribution is -2.09. The molecule has 0 unspecified atom stereocenters. The molecule has 7 heteroatoms. The SMILES string of the molecule is C=CC(=O)OCc1ccc(-c2ccc(OC(=O)c3ccc(COC(=O)C(=C)C)cc3)cc2CO)cc1. The summed E-state index contributed by atoms with van der Waals surface area (Å²) >= 11 is 0. The molecule has 0 aromatic heterocycles. The zero-order valence-corrected chi connectivity index (χ0v) is 19.9. The van der Waals surface area contributed by atoms with Gasteiger partial charge in [0.05, 0.1) is 12.2 Å². The number of rotatable bonds is 10. The summed E-state index contributed by atoms with van der Waals surface area (Å²) in [4.78, 5) is 35.3. The van der Waals surface area contributed by atoms with Crippen molar-refractivity contribution in [2.24, 2.45) is 0 Å². The van der Waals surface area contributed by atoms with Gasteiger partial charge in [0.1, 0.15) is 19.0 Å². The molecule has 3 aromatic carbocycles. The van der Waals surface area contributed by atoms with Crippen LogP contribution in [-0.4, -0.2) is 23.0 Å². The van der Waals surface area contributed by atoms with Crippen LogP contribution in [0, 0.1) is 0 Å². The number of aliphatic hydroxyl groups excluding tert-OH is 1. The second kappa shape index (κ2) is 12.3. The molecule has 0 atom stereocenters. The molecule has 0 heterocycles. The number of esters is 3. The molecule has 0 fully saturated rings. The van der Waals surface area contributed by atoms with Crippen LogP contribution in [0.2, 0.25) is 0 Å². The summed E-state index contributed by atoms with van der Waals surface area (Å²) in [7, 11) is 0. The van der Waals surface area contributed by atoms with Gasteiger partial charge >= 0.3 is 17.9 Å². The lowest BCUT2D eigenvalue weighted by atomic mass is 9.99. The molecule has 0 radical (unpaired) electrons. The van der Waals surface area contributed by atoms with E-state index in [4.69, 9.17) is 14.2 Å². The van der Waals surface area contributed by atoms with E-state index in [0.29, 0.717) is 22.4 Å². The zero-order valence-electron chi connectivity index (χ0n) is 19.9. The van der Waals surface area contributed by atoms with E-state index in [9.17, 15) is 19.5 Å². The fourth-order valence-corrected chi connectivity index (χ4v) is 3.22. The van der Waals surface area contributed by atoms with E-state index in [1.807, 2.05) is 24.3 Å². The van der Waals surface area contributed by atoms with Gasteiger partial charge < -0.3 is 19.3 Å². The highest BCUT2D eigenvalue weighted by Crippen LogP contribution is 2.28. The summed E-state index contributed by atoms with van der Waals surface area (Å²) in [6.45, 7) is 8.41. The predicted molar refractivity (Wildman–Crippen MR) is 134 cm³/mol. The molecule has 36 heavy (non-hydrogen) atoms. The Kier molecular flexibility index (Phi) is 8.91. The molecule has 0 saturated heterocycles. The van der Waals surface area contributed by atoms with E-state index in [1.165, 1.54) is 0 Å². The Labute approximate surface area is 209 Å². The number of ether oxygens (including phenoxy) is 3. The van der Waals surface area contributed by atoms with Crippen LogP contribution in [0.15, 0.2) is 91.5 Å². The summed E-state index contributed by atoms with van der Waals surface area (Å²) in [5, 5.41) is 9.89. The van der Waals surface area contributed by atoms with Gasteiger partial charge in [0.25, 0.3) is 0 Å². The van der Waals surface area contributed by atoms with Gasteiger partial charge in [-0.25, -0.2) is 14.4 Å². The third kappa shape index (κ3) is 7.01. The first-order chi connectivity index (χ1) is 17.3. The van der Waals surface area contributed by atoms with Crippen molar-refractivity contribution in [3.8, 4) is 16.9 Å². The quantitative estimate of drug-likeness (QED) is 0.247. The fourth-order valence-electron chi connectivity index (χ4n) is 3.22. The minimum Gasteiger partial charge on any atom is -0.458 e. The molecule has 0 aliphatic carbocycles. The third-order valence-electron chi connectivity index (χ3n) is 5.18. The second-order valence-corrected chi connectivity index (χ2v) is 7.93. The minimum absolute atomic E-state index is 0.0727. The van der Waals surface area contributed by atoms with Crippen LogP contribution in [0.1, 0.15) is 34.0 Å². The van der Waals surface area contributed by atoms with Gasteiger partial charge in [-0.05, 0) is 59.0 Å². The van der Waals surface area contributed by atoms with Gasteiger partial charge in [0.15, 0.2) is 0 Å². The van der Waals surface area contributed by atoms with Crippen molar-refractivity contribution in [1.82, 2.24) is 0 Å². The highest BCUT2D eigenvalue weighted by Gasteiger charge is 2.12. The van der Waals surface area contributed by atoms with Crippen LogP contribution < -0.4 is 4.74 Å². The second-order valence-electron chi connectivity index (χ2n) is 7.93. The normalized spacial score (nSPS) is 10.3. The summed E-state index contributed by atoms with van der Waals surface area (Å²) in [6, 6.07) is 18.9. The molecular formula is C29H26O7. The average Bonchev–Trinajstić information content (AvgIpc) is 2.90. The van der Waals surface area contributed by atoms with Crippen LogP contribution in [0.4, 0.5) is 0 Å². The number of carbonyl (C=O) groups is 3. The number of benzene rings is 3. The topological polar surface area (TPSA) is 99.1 Å². The maximum Gasteiger partial charge on any atom is 0.343 e. The van der Waals surface area contributed by atoms with Crippen LogP contribution in [0.3, 0.4) is 0 Å². The smallest absolute Gasteiger partial charge is 0.343 e. The Hall–Kier alpha value is -4.49. The minimum atomic E-state index is -0.560. The van der Waals surface area contributed by atoms with E-state index in [0.717, 1.165) is 28.3 Å². The Bertz CT molecular complexity index is 1270. The Morgan fingerprint density at radius 1 is 0.889 bits per heavy atom. The van der Waals surface area contributed by atoms with E-state index in [1.54, 1.807) is 49.4 Å². The van der Waals surface area contributed by atoms with Crippen molar-refractivity contribution < 1.29 is 33.7 Å². The fraction of sp³-hybridized carbons (Fsp3) is 0.138. The van der Waals surface area contributed by atoms with Gasteiger partial charge in [-0.3, -0.25) is 0 Å². The maximum atomic E-state index is 12.6. The lowest BCUT2D eigenvalue weighted by Gasteiger charge is -2.12. The van der Waals surface area contributed by atoms with Crippen LogP contribution in [0.5, 0.6) is 5.75 Å². The van der Waals surface area contributed by atoms with Crippen molar-refractivity contribution in [1.29, 1.82) is 0 Å². The Morgan fingerprint density at radius 2 is 1.50 bits per heavy atom. The zero-order chi connectivity index (χ0) is 26.1. The highest BCUT2D eigenvalue weighted by molar-refractivity contribution is 5.91. The predicted octanol–water partition coefficient (Wildman–Crippen LogP) is 4.91. The van der Waals surface area contributed by atoms with Crippen molar-refractivity contribution in [3.63, 3.8) is 0 Å². The monoisotopic (exact) mass is 486 g/mol. The van der Waals surface area contributed by atoms with E-state index in [2.05, 4.69) is 13.2 Å². The number of aliphatic hydroxyl groups is 1. The van der Waals surface area contributed by atoms with Crippen molar-refractivity contribution in [3.05, 3.63) is 114 Å². The van der Waals surface area contributed by atoms with Crippen LogP contribution >= 0.6 is 0 Å². The number of hydrogen-bond donors (Lipinski definition) is 1. The third-order valence-corrected chi connectivity index (χ3v) is 5.18. The van der Waals surface area contributed by atoms with Crippen molar-refractivity contribution in [2.75, 3.05) is 0 Å². The Morgan fingerprint density at radius 3 is 2.08 bits per heavy atom. The average molecular weight is 487 g/mol. The number of hydrogen-bond acceptors (Lipinski definition) is 7. The lowest BCUT2D eigenvalue weighted by molar-refractivity contribution is -0.140. The van der Waals surface area contributed by atoms with E-state index < -0.39 is 17.9 Å². The molecule has 3 aromatic rings. The molecule has 0 amide bonds. The highest BCUT2D eigenvalue weighted by atomic mass is 16.5. The first kappa shape index (κ1) is 26.1. The van der Waals surface area contributed by atoms with E-state index >= 15 is 0 Å².